The van der Waals surface area contributed by atoms with Gasteiger partial charge in [0.2, 0.25) is 0 Å². The predicted octanol–water partition coefficient (Wildman–Crippen LogP) is 5.83. The van der Waals surface area contributed by atoms with Crippen molar-refractivity contribution in [3.8, 4) is 11.8 Å². The van der Waals surface area contributed by atoms with Crippen LogP contribution in [0.4, 0.5) is 5.69 Å². The van der Waals surface area contributed by atoms with Gasteiger partial charge in [0.15, 0.2) is 0 Å². The molecule has 3 aromatic carbocycles. The van der Waals surface area contributed by atoms with Crippen LogP contribution in [0.1, 0.15) is 27.0 Å². The standard InChI is InChI=1S/C25H19BrN2O3/c1-16-3-4-17(2)23(13-16)28-24(29)20(15-27)14-18-5-11-22(12-6-18)31-25(30)19-7-9-21(26)10-8-19/h3-14H,1-2H3,(H,28,29)/b20-14+. The highest BCUT2D eigenvalue weighted by Crippen LogP contribution is 2.20. The summed E-state index contributed by atoms with van der Waals surface area (Å²) in [7, 11) is 0. The van der Waals surface area contributed by atoms with E-state index in [1.54, 1.807) is 48.5 Å². The molecule has 0 bridgehead atoms. The van der Waals surface area contributed by atoms with Crippen LogP contribution in [0.5, 0.6) is 5.75 Å². The number of nitrogens with one attached hydrogen (secondary N) is 1. The van der Waals surface area contributed by atoms with Crippen molar-refractivity contribution in [3.05, 3.63) is 99.0 Å². The lowest BCUT2D eigenvalue weighted by Crippen LogP contribution is -2.14. The van der Waals surface area contributed by atoms with Crippen molar-refractivity contribution in [3.63, 3.8) is 0 Å². The van der Waals surface area contributed by atoms with Crippen LogP contribution in [0, 0.1) is 25.2 Å². The molecule has 0 aliphatic carbocycles. The topological polar surface area (TPSA) is 79.2 Å². The van der Waals surface area contributed by atoms with Gasteiger partial charge in [-0.15, -0.1) is 0 Å². The van der Waals surface area contributed by atoms with Crippen LogP contribution in [0.2, 0.25) is 0 Å². The molecule has 0 spiro atoms. The Labute approximate surface area is 189 Å². The number of aryl methyl sites for hydroxylation is 2. The minimum Gasteiger partial charge on any atom is -0.423 e. The molecule has 0 unspecified atom stereocenters. The number of esters is 1. The van der Waals surface area contributed by atoms with Gasteiger partial charge in [-0.05, 0) is 79.1 Å². The molecule has 1 amide bonds. The van der Waals surface area contributed by atoms with E-state index in [1.165, 1.54) is 6.08 Å². The highest BCUT2D eigenvalue weighted by atomic mass is 79.9. The fourth-order valence-electron chi connectivity index (χ4n) is 2.76. The minimum absolute atomic E-state index is 0.0273. The maximum Gasteiger partial charge on any atom is 0.343 e. The third kappa shape index (κ3) is 5.91. The summed E-state index contributed by atoms with van der Waals surface area (Å²) in [6, 6.07) is 21.1. The monoisotopic (exact) mass is 474 g/mol. The Morgan fingerprint density at radius 2 is 1.68 bits per heavy atom. The number of hydrogen-bond donors (Lipinski definition) is 1. The van der Waals surface area contributed by atoms with Crippen LogP contribution in [-0.2, 0) is 4.79 Å². The minimum atomic E-state index is -0.484. The van der Waals surface area contributed by atoms with Crippen molar-refractivity contribution in [2.75, 3.05) is 5.32 Å². The van der Waals surface area contributed by atoms with Gasteiger partial charge in [-0.3, -0.25) is 4.79 Å². The van der Waals surface area contributed by atoms with E-state index in [0.717, 1.165) is 15.6 Å². The smallest absolute Gasteiger partial charge is 0.343 e. The van der Waals surface area contributed by atoms with Gasteiger partial charge in [-0.2, -0.15) is 5.26 Å². The van der Waals surface area contributed by atoms with Crippen molar-refractivity contribution in [2.45, 2.75) is 13.8 Å². The van der Waals surface area contributed by atoms with Crippen LogP contribution in [0.3, 0.4) is 0 Å². The fourth-order valence-corrected chi connectivity index (χ4v) is 3.02. The SMILES string of the molecule is Cc1ccc(C)c(NC(=O)/C(C#N)=C/c2ccc(OC(=O)c3ccc(Br)cc3)cc2)c1. The van der Waals surface area contributed by atoms with Crippen LogP contribution in [0.15, 0.2) is 76.8 Å². The summed E-state index contributed by atoms with van der Waals surface area (Å²) in [5, 5.41) is 12.2. The second kappa shape index (κ2) is 9.88. The third-order valence-electron chi connectivity index (χ3n) is 4.49. The van der Waals surface area contributed by atoms with Crippen LogP contribution in [0.25, 0.3) is 6.08 Å². The van der Waals surface area contributed by atoms with Crippen LogP contribution < -0.4 is 10.1 Å². The van der Waals surface area contributed by atoms with Gasteiger partial charge in [-0.25, -0.2) is 4.79 Å². The third-order valence-corrected chi connectivity index (χ3v) is 5.02. The number of carbonyl (C=O) groups excluding carboxylic acids is 2. The first-order chi connectivity index (χ1) is 14.9. The maximum atomic E-state index is 12.5. The van der Waals surface area contributed by atoms with E-state index in [4.69, 9.17) is 4.74 Å². The number of halogens is 1. The molecule has 0 aromatic heterocycles. The molecule has 0 aliphatic heterocycles. The van der Waals surface area contributed by atoms with E-state index in [1.807, 2.05) is 38.1 Å². The lowest BCUT2D eigenvalue weighted by Gasteiger charge is -2.09. The molecule has 3 rings (SSSR count). The highest BCUT2D eigenvalue weighted by Gasteiger charge is 2.12. The average Bonchev–Trinajstić information content (AvgIpc) is 2.76. The number of hydrogen-bond acceptors (Lipinski definition) is 4. The first kappa shape index (κ1) is 22.0. The molecule has 0 saturated carbocycles. The molecule has 0 heterocycles. The molecule has 154 valence electrons. The Morgan fingerprint density at radius 3 is 2.32 bits per heavy atom. The molecule has 6 heteroatoms. The summed E-state index contributed by atoms with van der Waals surface area (Å²) in [5.41, 5.74) is 3.63. The van der Waals surface area contributed by atoms with Gasteiger partial charge in [0.05, 0.1) is 5.56 Å². The van der Waals surface area contributed by atoms with Crippen molar-refractivity contribution >= 4 is 39.6 Å². The molecule has 5 nitrogen and oxygen atoms in total. The number of benzene rings is 3. The fraction of sp³-hybridized carbons (Fsp3) is 0.0800. The quantitative estimate of drug-likeness (QED) is 0.218. The number of rotatable bonds is 5. The number of amides is 1. The Balaban J connectivity index is 1.70. The molecule has 0 radical (unpaired) electrons. The van der Waals surface area contributed by atoms with E-state index < -0.39 is 11.9 Å². The molecule has 0 atom stereocenters. The van der Waals surface area contributed by atoms with Crippen molar-refractivity contribution in [2.24, 2.45) is 0 Å². The molecule has 0 fully saturated rings. The highest BCUT2D eigenvalue weighted by molar-refractivity contribution is 9.10. The molecule has 31 heavy (non-hydrogen) atoms. The van der Waals surface area contributed by atoms with Gasteiger partial charge in [0, 0.05) is 10.2 Å². The maximum absolute atomic E-state index is 12.5. The van der Waals surface area contributed by atoms with Gasteiger partial charge in [0.25, 0.3) is 5.91 Å². The summed E-state index contributed by atoms with van der Waals surface area (Å²) in [6.45, 7) is 3.82. The van der Waals surface area contributed by atoms with Gasteiger partial charge >= 0.3 is 5.97 Å². The van der Waals surface area contributed by atoms with E-state index in [9.17, 15) is 14.9 Å². The molecule has 0 aliphatic rings. The Bertz CT molecular complexity index is 1190. The van der Waals surface area contributed by atoms with Gasteiger partial charge in [-0.1, -0.05) is 40.2 Å². The lowest BCUT2D eigenvalue weighted by atomic mass is 10.1. The van der Waals surface area contributed by atoms with Gasteiger partial charge in [0.1, 0.15) is 17.4 Å². The molecule has 3 aromatic rings. The zero-order valence-corrected chi connectivity index (χ0v) is 18.6. The van der Waals surface area contributed by atoms with E-state index in [2.05, 4.69) is 21.2 Å². The van der Waals surface area contributed by atoms with E-state index in [0.29, 0.717) is 22.6 Å². The van der Waals surface area contributed by atoms with Crippen LogP contribution >= 0.6 is 15.9 Å². The second-order valence-corrected chi connectivity index (χ2v) is 7.82. The second-order valence-electron chi connectivity index (χ2n) is 6.91. The summed E-state index contributed by atoms with van der Waals surface area (Å²) < 4.78 is 6.23. The van der Waals surface area contributed by atoms with E-state index >= 15 is 0 Å². The van der Waals surface area contributed by atoms with Crippen molar-refractivity contribution in [1.82, 2.24) is 0 Å². The Morgan fingerprint density at radius 1 is 1.00 bits per heavy atom. The summed E-state index contributed by atoms with van der Waals surface area (Å²) in [4.78, 5) is 24.7. The molecule has 0 saturated heterocycles. The summed E-state index contributed by atoms with van der Waals surface area (Å²) in [6.07, 6.45) is 1.49. The Hall–Kier alpha value is -3.69. The number of anilines is 1. The van der Waals surface area contributed by atoms with Gasteiger partial charge < -0.3 is 10.1 Å². The van der Waals surface area contributed by atoms with Crippen molar-refractivity contribution in [1.29, 1.82) is 5.26 Å². The Kier molecular flexibility index (Phi) is 7.01. The number of nitriles is 1. The zero-order chi connectivity index (χ0) is 22.4. The van der Waals surface area contributed by atoms with Crippen LogP contribution in [-0.4, -0.2) is 11.9 Å². The zero-order valence-electron chi connectivity index (χ0n) is 17.0. The predicted molar refractivity (Wildman–Crippen MR) is 124 cm³/mol. The number of carbonyl (C=O) groups is 2. The first-order valence-corrected chi connectivity index (χ1v) is 10.2. The van der Waals surface area contributed by atoms with Crippen molar-refractivity contribution < 1.29 is 14.3 Å². The summed E-state index contributed by atoms with van der Waals surface area (Å²) in [5.74, 6) is -0.591. The number of nitrogens with zero attached hydrogens (tertiary/aromatic N) is 1. The first-order valence-electron chi connectivity index (χ1n) is 9.44. The summed E-state index contributed by atoms with van der Waals surface area (Å²) >= 11 is 3.32. The largest absolute Gasteiger partial charge is 0.423 e. The average molecular weight is 475 g/mol. The normalized spacial score (nSPS) is 10.8. The lowest BCUT2D eigenvalue weighted by molar-refractivity contribution is -0.112. The molecular weight excluding hydrogens is 456 g/mol. The molecule has 1 N–H and O–H groups in total. The number of ether oxygens (including phenoxy) is 1. The van der Waals surface area contributed by atoms with E-state index in [-0.39, 0.29) is 5.57 Å². The molecular formula is C25H19BrN2O3.